The van der Waals surface area contributed by atoms with Gasteiger partial charge in [0.05, 0.1) is 18.2 Å². The maximum atomic E-state index is 12.3. The lowest BCUT2D eigenvalue weighted by molar-refractivity contribution is -0.146. The average Bonchev–Trinajstić information content (AvgIpc) is 3.55. The van der Waals surface area contributed by atoms with Crippen LogP contribution in [0.15, 0.2) is 77.6 Å². The molecule has 0 bridgehead atoms. The van der Waals surface area contributed by atoms with Crippen molar-refractivity contribution in [2.75, 3.05) is 13.2 Å². The first-order valence-corrected chi connectivity index (χ1v) is 14.1. The number of pyridine rings is 1. The van der Waals surface area contributed by atoms with E-state index in [-0.39, 0.29) is 32.1 Å². The normalized spacial score (nSPS) is 11.6. The van der Waals surface area contributed by atoms with Gasteiger partial charge in [0.25, 0.3) is 0 Å². The number of nitrogens with one attached hydrogen (secondary N) is 1. The van der Waals surface area contributed by atoms with Gasteiger partial charge in [-0.3, -0.25) is 10.1 Å². The molecule has 0 aliphatic rings. The van der Waals surface area contributed by atoms with E-state index in [4.69, 9.17) is 30.4 Å². The first-order valence-electron chi connectivity index (χ1n) is 13.7. The molecule has 0 aliphatic heterocycles. The summed E-state index contributed by atoms with van der Waals surface area (Å²) in [6.45, 7) is 1.63. The van der Waals surface area contributed by atoms with Crippen molar-refractivity contribution in [3.8, 4) is 28.7 Å². The van der Waals surface area contributed by atoms with Crippen molar-refractivity contribution in [1.29, 1.82) is 5.26 Å². The van der Waals surface area contributed by atoms with Gasteiger partial charge in [-0.1, -0.05) is 60.1 Å². The molecule has 0 amide bonds. The van der Waals surface area contributed by atoms with Crippen molar-refractivity contribution in [1.82, 2.24) is 20.6 Å². The molecule has 0 spiro atoms. The van der Waals surface area contributed by atoms with Gasteiger partial charge < -0.3 is 19.3 Å². The maximum absolute atomic E-state index is 12.3. The third-order valence-corrected chi connectivity index (χ3v) is 7.17. The number of aliphatic hydroxyl groups is 1. The standard InChI is InChI=1S/C32H28ClN5O6/c1-2-41-32(40)26(17-39)36-16-25-27(42-18-20-11-12-35-23(13-20)15-34)14-28(31-30(25)37-44-38-31)43-19-22-9-6-10-24(29(22)33)21-7-4-3-5-8-21/h3-14,26,36,39H,2,16-19H2,1H3/t26-/m1/s1. The summed E-state index contributed by atoms with van der Waals surface area (Å²) in [6, 6.07) is 21.6. The third kappa shape index (κ3) is 6.95. The second-order valence-corrected chi connectivity index (χ2v) is 9.94. The molecule has 224 valence electrons. The lowest BCUT2D eigenvalue weighted by Crippen LogP contribution is -2.40. The van der Waals surface area contributed by atoms with E-state index in [0.29, 0.717) is 38.7 Å². The van der Waals surface area contributed by atoms with Crippen LogP contribution in [0.2, 0.25) is 5.02 Å². The fourth-order valence-electron chi connectivity index (χ4n) is 4.51. The molecule has 1 atom stereocenters. The highest BCUT2D eigenvalue weighted by Gasteiger charge is 2.24. The molecule has 44 heavy (non-hydrogen) atoms. The smallest absolute Gasteiger partial charge is 0.325 e. The molecule has 0 radical (unpaired) electrons. The average molecular weight is 614 g/mol. The number of benzene rings is 3. The van der Waals surface area contributed by atoms with Gasteiger partial charge in [0.2, 0.25) is 0 Å². The summed E-state index contributed by atoms with van der Waals surface area (Å²) in [5.74, 6) is 0.0933. The summed E-state index contributed by atoms with van der Waals surface area (Å²) in [5.41, 5.74) is 4.75. The van der Waals surface area contributed by atoms with Gasteiger partial charge in [0.1, 0.15) is 42.3 Å². The summed E-state index contributed by atoms with van der Waals surface area (Å²) in [7, 11) is 0. The SMILES string of the molecule is CCOC(=O)[C@@H](CO)NCc1c(OCc2ccnc(C#N)c2)cc(OCc2cccc(-c3ccccc3)c2Cl)c2nonc12. The summed E-state index contributed by atoms with van der Waals surface area (Å²) in [5, 5.41) is 30.7. The minimum Gasteiger partial charge on any atom is -0.488 e. The Morgan fingerprint density at radius 1 is 1.05 bits per heavy atom. The molecule has 2 heterocycles. The number of nitriles is 1. The Bertz CT molecular complexity index is 1790. The van der Waals surface area contributed by atoms with Crippen molar-refractivity contribution in [2.45, 2.75) is 32.7 Å². The fraction of sp³-hybridized carbons (Fsp3) is 0.219. The number of rotatable bonds is 13. The van der Waals surface area contributed by atoms with Crippen LogP contribution in [-0.4, -0.2) is 45.6 Å². The molecule has 12 heteroatoms. The van der Waals surface area contributed by atoms with Crippen LogP contribution in [0.4, 0.5) is 0 Å². The highest BCUT2D eigenvalue weighted by Crippen LogP contribution is 2.36. The predicted octanol–water partition coefficient (Wildman–Crippen LogP) is 4.98. The molecule has 0 saturated heterocycles. The lowest BCUT2D eigenvalue weighted by atomic mass is 10.0. The predicted molar refractivity (Wildman–Crippen MR) is 161 cm³/mol. The zero-order chi connectivity index (χ0) is 30.9. The number of hydrogen-bond donors (Lipinski definition) is 2. The molecule has 3 aromatic carbocycles. The van der Waals surface area contributed by atoms with E-state index in [1.807, 2.05) is 54.6 Å². The van der Waals surface area contributed by atoms with Crippen LogP contribution in [0.1, 0.15) is 29.3 Å². The number of halogens is 1. The van der Waals surface area contributed by atoms with E-state index < -0.39 is 18.6 Å². The first kappa shape index (κ1) is 30.4. The Labute approximate surface area is 257 Å². The molecule has 11 nitrogen and oxygen atoms in total. The molecular formula is C32H28ClN5O6. The highest BCUT2D eigenvalue weighted by molar-refractivity contribution is 6.34. The van der Waals surface area contributed by atoms with Crippen molar-refractivity contribution in [3.63, 3.8) is 0 Å². The highest BCUT2D eigenvalue weighted by atomic mass is 35.5. The fourth-order valence-corrected chi connectivity index (χ4v) is 4.80. The van der Waals surface area contributed by atoms with Gasteiger partial charge in [-0.05, 0) is 40.5 Å². The van der Waals surface area contributed by atoms with Crippen molar-refractivity contribution < 1.29 is 28.7 Å². The van der Waals surface area contributed by atoms with Crippen LogP contribution >= 0.6 is 11.6 Å². The zero-order valence-electron chi connectivity index (χ0n) is 23.7. The van der Waals surface area contributed by atoms with Gasteiger partial charge in [-0.25, -0.2) is 9.61 Å². The molecule has 0 fully saturated rings. The molecule has 0 saturated carbocycles. The van der Waals surface area contributed by atoms with Gasteiger partial charge in [-0.2, -0.15) is 5.26 Å². The Morgan fingerprint density at radius 3 is 2.61 bits per heavy atom. The van der Waals surface area contributed by atoms with E-state index in [2.05, 4.69) is 20.6 Å². The van der Waals surface area contributed by atoms with Crippen LogP contribution in [0, 0.1) is 11.3 Å². The summed E-state index contributed by atoms with van der Waals surface area (Å²) < 4.78 is 22.6. The number of aliphatic hydroxyl groups excluding tert-OH is 1. The number of ether oxygens (including phenoxy) is 3. The van der Waals surface area contributed by atoms with Gasteiger partial charge in [0, 0.05) is 35.5 Å². The van der Waals surface area contributed by atoms with Crippen molar-refractivity contribution in [3.05, 3.63) is 100 Å². The summed E-state index contributed by atoms with van der Waals surface area (Å²) in [4.78, 5) is 16.3. The third-order valence-electron chi connectivity index (χ3n) is 6.73. The summed E-state index contributed by atoms with van der Waals surface area (Å²) >= 11 is 6.79. The molecule has 5 rings (SSSR count). The number of carbonyl (C=O) groups is 1. The Kier molecular flexibility index (Phi) is 9.99. The number of aromatic nitrogens is 3. The van der Waals surface area contributed by atoms with Crippen LogP contribution in [-0.2, 0) is 29.3 Å². The van der Waals surface area contributed by atoms with Crippen LogP contribution in [0.25, 0.3) is 22.2 Å². The number of esters is 1. The number of carbonyl (C=O) groups excluding carboxylic acids is 1. The van der Waals surface area contributed by atoms with Crippen LogP contribution < -0.4 is 14.8 Å². The number of nitrogens with zero attached hydrogens (tertiary/aromatic N) is 4. The monoisotopic (exact) mass is 613 g/mol. The Morgan fingerprint density at radius 2 is 1.84 bits per heavy atom. The second-order valence-electron chi connectivity index (χ2n) is 9.56. The largest absolute Gasteiger partial charge is 0.488 e. The van der Waals surface area contributed by atoms with E-state index in [9.17, 15) is 15.2 Å². The topological polar surface area (TPSA) is 153 Å². The number of fused-ring (bicyclic) bond motifs is 1. The quantitative estimate of drug-likeness (QED) is 0.173. The minimum absolute atomic E-state index is 0.0507. The van der Waals surface area contributed by atoms with E-state index in [1.54, 1.807) is 25.1 Å². The second kappa shape index (κ2) is 14.4. The molecule has 2 N–H and O–H groups in total. The van der Waals surface area contributed by atoms with Crippen LogP contribution in [0.5, 0.6) is 11.5 Å². The molecule has 2 aromatic heterocycles. The van der Waals surface area contributed by atoms with E-state index in [0.717, 1.165) is 16.7 Å². The molecule has 0 aliphatic carbocycles. The van der Waals surface area contributed by atoms with Crippen LogP contribution in [0.3, 0.4) is 0 Å². The van der Waals surface area contributed by atoms with Crippen molar-refractivity contribution >= 4 is 28.6 Å². The van der Waals surface area contributed by atoms with Gasteiger partial charge >= 0.3 is 5.97 Å². The maximum Gasteiger partial charge on any atom is 0.325 e. The first-order chi connectivity index (χ1) is 21.5. The van der Waals surface area contributed by atoms with Gasteiger partial charge in [0.15, 0.2) is 11.3 Å². The van der Waals surface area contributed by atoms with Gasteiger partial charge in [-0.15, -0.1) is 0 Å². The number of hydrogen-bond acceptors (Lipinski definition) is 11. The van der Waals surface area contributed by atoms with Crippen molar-refractivity contribution in [2.24, 2.45) is 0 Å². The minimum atomic E-state index is -0.981. The molecular weight excluding hydrogens is 586 g/mol. The van der Waals surface area contributed by atoms with E-state index in [1.165, 1.54) is 6.20 Å². The summed E-state index contributed by atoms with van der Waals surface area (Å²) in [6.07, 6.45) is 1.53. The lowest BCUT2D eigenvalue weighted by Gasteiger charge is -2.18. The zero-order valence-corrected chi connectivity index (χ0v) is 24.5. The molecule has 5 aromatic rings. The molecule has 0 unspecified atom stereocenters. The Balaban J connectivity index is 1.46. The van der Waals surface area contributed by atoms with E-state index >= 15 is 0 Å². The Hall–Kier alpha value is -5.02.